The highest BCUT2D eigenvalue weighted by molar-refractivity contribution is 6.31. The summed E-state index contributed by atoms with van der Waals surface area (Å²) in [5.74, 6) is 0.0878. The zero-order valence-corrected chi connectivity index (χ0v) is 9.64. The van der Waals surface area contributed by atoms with Crippen molar-refractivity contribution in [3.8, 4) is 0 Å². The number of aromatic nitrogens is 1. The van der Waals surface area contributed by atoms with Gasteiger partial charge >= 0.3 is 0 Å². The van der Waals surface area contributed by atoms with Crippen molar-refractivity contribution in [1.29, 1.82) is 0 Å². The third kappa shape index (κ3) is 1.39. The summed E-state index contributed by atoms with van der Waals surface area (Å²) in [5.41, 5.74) is 2.64. The maximum absolute atomic E-state index is 11.9. The molecule has 3 rings (SSSR count). The maximum Gasteiger partial charge on any atom is 0.270 e. The number of rotatable bonds is 1. The monoisotopic (exact) mass is 234 g/mol. The molecule has 82 valence electrons. The highest BCUT2D eigenvalue weighted by atomic mass is 35.5. The van der Waals surface area contributed by atoms with Gasteiger partial charge in [-0.1, -0.05) is 11.6 Å². The number of halogens is 1. The summed E-state index contributed by atoms with van der Waals surface area (Å²) in [6.45, 7) is 3.69. The third-order valence-electron chi connectivity index (χ3n) is 2.97. The molecule has 1 N–H and O–H groups in total. The van der Waals surface area contributed by atoms with Crippen LogP contribution in [0.15, 0.2) is 18.2 Å². The quantitative estimate of drug-likeness (QED) is 0.757. The third-order valence-corrected chi connectivity index (χ3v) is 3.20. The molecule has 16 heavy (non-hydrogen) atoms. The van der Waals surface area contributed by atoms with Gasteiger partial charge in [-0.15, -0.1) is 0 Å². The number of hydrogen-bond donors (Lipinski definition) is 1. The lowest BCUT2D eigenvalue weighted by atomic mass is 10.1. The summed E-state index contributed by atoms with van der Waals surface area (Å²) in [5, 5.41) is 1.72. The Hall–Kier alpha value is -1.48. The fraction of sp³-hybridized carbons (Fsp3) is 0.250. The van der Waals surface area contributed by atoms with Crippen molar-refractivity contribution in [2.24, 2.45) is 0 Å². The Morgan fingerprint density at radius 3 is 2.88 bits per heavy atom. The minimum atomic E-state index is 0.0878. The minimum absolute atomic E-state index is 0.0878. The first kappa shape index (κ1) is 9.73. The molecule has 1 aliphatic heterocycles. The van der Waals surface area contributed by atoms with Gasteiger partial charge in [-0.2, -0.15) is 0 Å². The minimum Gasteiger partial charge on any atom is -0.350 e. The molecule has 1 fully saturated rings. The fourth-order valence-electron chi connectivity index (χ4n) is 1.92. The SMILES string of the molecule is Cc1c(C(=O)N2CC2)[nH]c2ccc(Cl)cc12. The Morgan fingerprint density at radius 2 is 2.19 bits per heavy atom. The van der Waals surface area contributed by atoms with Crippen LogP contribution in [-0.2, 0) is 0 Å². The van der Waals surface area contributed by atoms with Crippen molar-refractivity contribution in [2.45, 2.75) is 6.92 Å². The Labute approximate surface area is 98.0 Å². The van der Waals surface area contributed by atoms with E-state index in [4.69, 9.17) is 11.6 Å². The van der Waals surface area contributed by atoms with Gasteiger partial charge in [0.2, 0.25) is 0 Å². The number of nitrogens with one attached hydrogen (secondary N) is 1. The van der Waals surface area contributed by atoms with E-state index in [-0.39, 0.29) is 5.91 Å². The molecule has 1 amide bonds. The molecule has 0 saturated carbocycles. The standard InChI is InChI=1S/C12H11ClN2O/c1-7-9-6-8(13)2-3-10(9)14-11(7)12(16)15-4-5-15/h2-3,6,14H,4-5H2,1H3. The molecular weight excluding hydrogens is 224 g/mol. The van der Waals surface area contributed by atoms with Gasteiger partial charge in [-0.05, 0) is 30.7 Å². The van der Waals surface area contributed by atoms with Crippen LogP contribution >= 0.6 is 11.6 Å². The topological polar surface area (TPSA) is 35.9 Å². The number of aryl methyl sites for hydroxylation is 1. The summed E-state index contributed by atoms with van der Waals surface area (Å²) in [4.78, 5) is 16.9. The van der Waals surface area contributed by atoms with Gasteiger partial charge < -0.3 is 9.88 Å². The van der Waals surface area contributed by atoms with Gasteiger partial charge in [0.15, 0.2) is 0 Å². The number of amides is 1. The predicted octanol–water partition coefficient (Wildman–Crippen LogP) is 2.59. The van der Waals surface area contributed by atoms with E-state index in [0.717, 1.165) is 29.6 Å². The lowest BCUT2D eigenvalue weighted by Gasteiger charge is -1.99. The molecular formula is C12H11ClN2O. The molecule has 3 nitrogen and oxygen atoms in total. The van der Waals surface area contributed by atoms with Gasteiger partial charge in [0, 0.05) is 29.0 Å². The van der Waals surface area contributed by atoms with E-state index in [1.807, 2.05) is 25.1 Å². The molecule has 4 heteroatoms. The first-order chi connectivity index (χ1) is 7.66. The molecule has 1 aliphatic rings. The van der Waals surface area contributed by atoms with Crippen molar-refractivity contribution < 1.29 is 4.79 Å². The largest absolute Gasteiger partial charge is 0.350 e. The average Bonchev–Trinajstić information content (AvgIpc) is 3.05. The lowest BCUT2D eigenvalue weighted by molar-refractivity contribution is 0.0880. The number of carbonyl (C=O) groups excluding carboxylic acids is 1. The van der Waals surface area contributed by atoms with Crippen LogP contribution in [0.1, 0.15) is 16.1 Å². The Kier molecular flexibility index (Phi) is 1.98. The predicted molar refractivity (Wildman–Crippen MR) is 63.9 cm³/mol. The van der Waals surface area contributed by atoms with Gasteiger partial charge in [0.1, 0.15) is 5.69 Å². The molecule has 0 bridgehead atoms. The van der Waals surface area contributed by atoms with Crippen molar-refractivity contribution >= 4 is 28.4 Å². The molecule has 1 aromatic carbocycles. The summed E-state index contributed by atoms with van der Waals surface area (Å²) >= 11 is 5.95. The molecule has 2 aromatic rings. The van der Waals surface area contributed by atoms with Crippen molar-refractivity contribution in [3.63, 3.8) is 0 Å². The number of benzene rings is 1. The van der Waals surface area contributed by atoms with E-state index in [0.29, 0.717) is 10.7 Å². The first-order valence-corrected chi connectivity index (χ1v) is 5.62. The maximum atomic E-state index is 11.9. The zero-order chi connectivity index (χ0) is 11.3. The van der Waals surface area contributed by atoms with Crippen molar-refractivity contribution in [1.82, 2.24) is 9.88 Å². The van der Waals surface area contributed by atoms with Gasteiger partial charge in [-0.3, -0.25) is 4.79 Å². The van der Waals surface area contributed by atoms with Crippen LogP contribution in [0.2, 0.25) is 5.02 Å². The summed E-state index contributed by atoms with van der Waals surface area (Å²) < 4.78 is 0. The van der Waals surface area contributed by atoms with E-state index >= 15 is 0 Å². The molecule has 0 atom stereocenters. The van der Waals surface area contributed by atoms with Crippen LogP contribution in [0, 0.1) is 6.92 Å². The second-order valence-corrected chi connectivity index (χ2v) is 4.54. The molecule has 0 aliphatic carbocycles. The fourth-order valence-corrected chi connectivity index (χ4v) is 2.10. The van der Waals surface area contributed by atoms with E-state index in [9.17, 15) is 4.79 Å². The van der Waals surface area contributed by atoms with Crippen LogP contribution < -0.4 is 0 Å². The Bertz CT molecular complexity index is 584. The van der Waals surface area contributed by atoms with E-state index in [1.54, 1.807) is 4.90 Å². The van der Waals surface area contributed by atoms with Crippen molar-refractivity contribution in [3.05, 3.63) is 34.5 Å². The number of hydrogen-bond acceptors (Lipinski definition) is 1. The van der Waals surface area contributed by atoms with Crippen molar-refractivity contribution in [2.75, 3.05) is 13.1 Å². The molecule has 0 radical (unpaired) electrons. The van der Waals surface area contributed by atoms with Crippen LogP contribution in [0.25, 0.3) is 10.9 Å². The normalized spacial score (nSPS) is 14.5. The van der Waals surface area contributed by atoms with E-state index in [2.05, 4.69) is 4.98 Å². The number of aromatic amines is 1. The zero-order valence-electron chi connectivity index (χ0n) is 8.88. The second-order valence-electron chi connectivity index (χ2n) is 4.11. The highest BCUT2D eigenvalue weighted by Gasteiger charge is 2.28. The molecule has 0 unspecified atom stereocenters. The van der Waals surface area contributed by atoms with Gasteiger partial charge in [-0.25, -0.2) is 0 Å². The average molecular weight is 235 g/mol. The van der Waals surface area contributed by atoms with Crippen LogP contribution in [0.4, 0.5) is 0 Å². The molecule has 2 heterocycles. The van der Waals surface area contributed by atoms with Gasteiger partial charge in [0.05, 0.1) is 0 Å². The first-order valence-electron chi connectivity index (χ1n) is 5.24. The van der Waals surface area contributed by atoms with Crippen LogP contribution in [-0.4, -0.2) is 28.9 Å². The summed E-state index contributed by atoms with van der Waals surface area (Å²) in [6, 6.07) is 5.62. The molecule has 1 aromatic heterocycles. The Balaban J connectivity index is 2.18. The second kappa shape index (κ2) is 3.25. The molecule has 1 saturated heterocycles. The molecule has 0 spiro atoms. The number of carbonyl (C=O) groups is 1. The smallest absolute Gasteiger partial charge is 0.270 e. The summed E-state index contributed by atoms with van der Waals surface area (Å²) in [6.07, 6.45) is 0. The van der Waals surface area contributed by atoms with E-state index in [1.165, 1.54) is 0 Å². The summed E-state index contributed by atoms with van der Waals surface area (Å²) in [7, 11) is 0. The van der Waals surface area contributed by atoms with E-state index < -0.39 is 0 Å². The number of H-pyrrole nitrogens is 1. The number of fused-ring (bicyclic) bond motifs is 1. The Morgan fingerprint density at radius 1 is 1.44 bits per heavy atom. The van der Waals surface area contributed by atoms with Gasteiger partial charge in [0.25, 0.3) is 5.91 Å². The highest BCUT2D eigenvalue weighted by Crippen LogP contribution is 2.26. The van der Waals surface area contributed by atoms with Crippen LogP contribution in [0.5, 0.6) is 0 Å². The van der Waals surface area contributed by atoms with Crippen LogP contribution in [0.3, 0.4) is 0 Å². The number of nitrogens with zero attached hydrogens (tertiary/aromatic N) is 1. The lowest BCUT2D eigenvalue weighted by Crippen LogP contribution is -2.12.